The number of thiophene rings is 1. The van der Waals surface area contributed by atoms with Gasteiger partial charge < -0.3 is 16.2 Å². The number of aromatic nitrogens is 1. The standard InChI is InChI=1S/C19H18F3N3O2S/c1-10-8-12(19(20,21)22)13-14(23)15(28-17(13)25-10)16(26)24-9-18(2,27)11-6-4-3-5-7-11/h3-8,27H,9,23H2,1-2H3,(H,24,26). The van der Waals surface area contributed by atoms with E-state index in [1.54, 1.807) is 30.3 Å². The summed E-state index contributed by atoms with van der Waals surface area (Å²) in [7, 11) is 0. The summed E-state index contributed by atoms with van der Waals surface area (Å²) in [5, 5.41) is 12.8. The number of anilines is 1. The van der Waals surface area contributed by atoms with Gasteiger partial charge in [-0.15, -0.1) is 11.3 Å². The Morgan fingerprint density at radius 1 is 1.29 bits per heavy atom. The number of carbonyl (C=O) groups is 1. The van der Waals surface area contributed by atoms with Gasteiger partial charge >= 0.3 is 6.18 Å². The molecule has 0 spiro atoms. The maximum atomic E-state index is 13.4. The van der Waals surface area contributed by atoms with Crippen molar-refractivity contribution < 1.29 is 23.1 Å². The van der Waals surface area contributed by atoms with E-state index >= 15 is 0 Å². The fourth-order valence-electron chi connectivity index (χ4n) is 2.87. The quantitative estimate of drug-likeness (QED) is 0.611. The number of alkyl halides is 3. The second-order valence-corrected chi connectivity index (χ2v) is 7.66. The largest absolute Gasteiger partial charge is 0.417 e. The molecule has 5 nitrogen and oxygen atoms in total. The molecule has 1 atom stereocenters. The molecule has 3 aromatic rings. The van der Waals surface area contributed by atoms with Crippen molar-refractivity contribution in [3.63, 3.8) is 0 Å². The van der Waals surface area contributed by atoms with Crippen LogP contribution in [0, 0.1) is 6.92 Å². The molecule has 0 aliphatic rings. The molecule has 1 aromatic carbocycles. The van der Waals surface area contributed by atoms with Gasteiger partial charge in [0.05, 0.1) is 17.8 Å². The Morgan fingerprint density at radius 2 is 1.93 bits per heavy atom. The normalized spacial score (nSPS) is 14.1. The van der Waals surface area contributed by atoms with E-state index in [1.165, 1.54) is 13.8 Å². The number of nitrogen functional groups attached to an aromatic ring is 1. The Bertz CT molecular complexity index is 1030. The molecule has 0 bridgehead atoms. The Hall–Kier alpha value is -2.65. The summed E-state index contributed by atoms with van der Waals surface area (Å²) >= 11 is 0.793. The van der Waals surface area contributed by atoms with Crippen LogP contribution in [0.4, 0.5) is 18.9 Å². The number of aliphatic hydroxyl groups is 1. The number of nitrogens with one attached hydrogen (secondary N) is 1. The van der Waals surface area contributed by atoms with Crippen molar-refractivity contribution in [2.45, 2.75) is 25.6 Å². The molecule has 4 N–H and O–H groups in total. The molecule has 148 valence electrons. The zero-order valence-corrected chi connectivity index (χ0v) is 15.9. The van der Waals surface area contributed by atoms with Crippen LogP contribution >= 0.6 is 11.3 Å². The van der Waals surface area contributed by atoms with Gasteiger partial charge in [0.1, 0.15) is 15.3 Å². The molecule has 0 saturated carbocycles. The van der Waals surface area contributed by atoms with Gasteiger partial charge in [-0.3, -0.25) is 4.79 Å². The average molecular weight is 409 g/mol. The third-order valence-electron chi connectivity index (χ3n) is 4.33. The Balaban J connectivity index is 1.92. The van der Waals surface area contributed by atoms with Crippen LogP contribution in [0.1, 0.15) is 33.4 Å². The maximum Gasteiger partial charge on any atom is 0.417 e. The smallest absolute Gasteiger partial charge is 0.397 e. The highest BCUT2D eigenvalue weighted by Crippen LogP contribution is 2.42. The van der Waals surface area contributed by atoms with Crippen LogP contribution in [0.3, 0.4) is 0 Å². The first-order valence-corrected chi connectivity index (χ1v) is 9.15. The lowest BCUT2D eigenvalue weighted by molar-refractivity contribution is -0.136. The van der Waals surface area contributed by atoms with Gasteiger partial charge in [0.2, 0.25) is 0 Å². The van der Waals surface area contributed by atoms with Crippen molar-refractivity contribution in [3.8, 4) is 0 Å². The second kappa shape index (κ2) is 7.06. The van der Waals surface area contributed by atoms with Gasteiger partial charge in [-0.1, -0.05) is 30.3 Å². The van der Waals surface area contributed by atoms with Crippen molar-refractivity contribution in [1.29, 1.82) is 0 Å². The lowest BCUT2D eigenvalue weighted by Gasteiger charge is -2.24. The first-order chi connectivity index (χ1) is 13.0. The lowest BCUT2D eigenvalue weighted by Crippen LogP contribution is -2.38. The van der Waals surface area contributed by atoms with Crippen LogP contribution in [0.25, 0.3) is 10.2 Å². The number of nitrogens with zero attached hydrogens (tertiary/aromatic N) is 1. The van der Waals surface area contributed by atoms with Crippen molar-refractivity contribution in [1.82, 2.24) is 10.3 Å². The van der Waals surface area contributed by atoms with Gasteiger partial charge in [0.15, 0.2) is 0 Å². The lowest BCUT2D eigenvalue weighted by atomic mass is 9.96. The number of hydrogen-bond acceptors (Lipinski definition) is 5. The summed E-state index contributed by atoms with van der Waals surface area (Å²) < 4.78 is 40.1. The predicted molar refractivity (Wildman–Crippen MR) is 102 cm³/mol. The zero-order chi connectivity index (χ0) is 20.7. The van der Waals surface area contributed by atoms with Crippen LogP contribution in [0.5, 0.6) is 0 Å². The molecular formula is C19H18F3N3O2S. The highest BCUT2D eigenvalue weighted by Gasteiger charge is 2.36. The van der Waals surface area contributed by atoms with E-state index in [1.807, 2.05) is 0 Å². The third kappa shape index (κ3) is 3.81. The average Bonchev–Trinajstić information content (AvgIpc) is 2.95. The number of pyridine rings is 1. The Labute approximate surface area is 163 Å². The topological polar surface area (TPSA) is 88.2 Å². The number of carbonyl (C=O) groups excluding carboxylic acids is 1. The van der Waals surface area contributed by atoms with Crippen molar-refractivity contribution in [2.24, 2.45) is 0 Å². The summed E-state index contributed by atoms with van der Waals surface area (Å²) in [6, 6.07) is 9.63. The molecule has 1 amide bonds. The van der Waals surface area contributed by atoms with E-state index in [0.717, 1.165) is 17.4 Å². The van der Waals surface area contributed by atoms with Crippen molar-refractivity contribution in [2.75, 3.05) is 12.3 Å². The van der Waals surface area contributed by atoms with Crippen LogP contribution in [-0.2, 0) is 11.8 Å². The number of benzene rings is 1. The summed E-state index contributed by atoms with van der Waals surface area (Å²) in [5.74, 6) is -0.664. The minimum Gasteiger partial charge on any atom is -0.397 e. The molecule has 3 rings (SSSR count). The maximum absolute atomic E-state index is 13.4. The molecule has 2 aromatic heterocycles. The molecule has 1 unspecified atom stereocenters. The minimum absolute atomic E-state index is 0.0461. The molecule has 0 aliphatic heterocycles. The monoisotopic (exact) mass is 409 g/mol. The fourth-order valence-corrected chi connectivity index (χ4v) is 3.95. The van der Waals surface area contributed by atoms with E-state index in [4.69, 9.17) is 5.73 Å². The van der Waals surface area contributed by atoms with Gasteiger partial charge in [0.25, 0.3) is 5.91 Å². The van der Waals surface area contributed by atoms with E-state index in [2.05, 4.69) is 10.3 Å². The molecule has 0 radical (unpaired) electrons. The minimum atomic E-state index is -4.62. The molecule has 0 fully saturated rings. The summed E-state index contributed by atoms with van der Waals surface area (Å²) in [6.07, 6.45) is -4.62. The molecule has 0 aliphatic carbocycles. The van der Waals surface area contributed by atoms with Crippen LogP contribution in [0.2, 0.25) is 0 Å². The van der Waals surface area contributed by atoms with Gasteiger partial charge in [0, 0.05) is 11.1 Å². The van der Waals surface area contributed by atoms with E-state index in [9.17, 15) is 23.1 Å². The summed E-state index contributed by atoms with van der Waals surface area (Å²) in [6.45, 7) is 2.84. The number of aryl methyl sites for hydroxylation is 1. The molecule has 28 heavy (non-hydrogen) atoms. The van der Waals surface area contributed by atoms with Gasteiger partial charge in [-0.05, 0) is 25.5 Å². The highest BCUT2D eigenvalue weighted by atomic mass is 32.1. The van der Waals surface area contributed by atoms with Crippen LogP contribution < -0.4 is 11.1 Å². The number of hydrogen-bond donors (Lipinski definition) is 3. The molecule has 0 saturated heterocycles. The number of fused-ring (bicyclic) bond motifs is 1. The first kappa shape index (κ1) is 20.1. The van der Waals surface area contributed by atoms with Crippen molar-refractivity contribution in [3.05, 3.63) is 58.1 Å². The predicted octanol–water partition coefficient (Wildman–Crippen LogP) is 3.84. The number of rotatable bonds is 4. The summed E-state index contributed by atoms with van der Waals surface area (Å²) in [5.41, 5.74) is 4.12. The van der Waals surface area contributed by atoms with Crippen LogP contribution in [0.15, 0.2) is 36.4 Å². The fraction of sp³-hybridized carbons (Fsp3) is 0.263. The third-order valence-corrected chi connectivity index (χ3v) is 5.43. The van der Waals surface area contributed by atoms with Gasteiger partial charge in [-0.25, -0.2) is 4.98 Å². The first-order valence-electron chi connectivity index (χ1n) is 8.33. The molecular weight excluding hydrogens is 391 g/mol. The Kier molecular flexibility index (Phi) is 5.07. The second-order valence-electron chi connectivity index (χ2n) is 6.66. The highest BCUT2D eigenvalue weighted by molar-refractivity contribution is 7.21. The SMILES string of the molecule is Cc1cc(C(F)(F)F)c2c(N)c(C(=O)NCC(C)(O)c3ccccc3)sc2n1. The molecule has 2 heterocycles. The van der Waals surface area contributed by atoms with E-state index in [-0.39, 0.29) is 33.0 Å². The number of nitrogens with two attached hydrogens (primary N) is 1. The number of halogens is 3. The van der Waals surface area contributed by atoms with Crippen molar-refractivity contribution >= 4 is 33.1 Å². The van der Waals surface area contributed by atoms with E-state index < -0.39 is 23.2 Å². The van der Waals surface area contributed by atoms with Gasteiger partial charge in [-0.2, -0.15) is 13.2 Å². The number of amides is 1. The summed E-state index contributed by atoms with van der Waals surface area (Å²) in [4.78, 5) is 16.6. The van der Waals surface area contributed by atoms with Crippen LogP contribution in [-0.4, -0.2) is 22.5 Å². The molecule has 9 heteroatoms. The Morgan fingerprint density at radius 3 is 2.54 bits per heavy atom. The zero-order valence-electron chi connectivity index (χ0n) is 15.1. The van der Waals surface area contributed by atoms with E-state index in [0.29, 0.717) is 5.56 Å².